The van der Waals surface area contributed by atoms with Crippen molar-refractivity contribution in [3.8, 4) is 0 Å². The highest BCUT2D eigenvalue weighted by Gasteiger charge is 2.27. The first-order valence-corrected chi connectivity index (χ1v) is 16.3. The van der Waals surface area contributed by atoms with E-state index in [-0.39, 0.29) is 24.2 Å². The molecule has 0 spiro atoms. The van der Waals surface area contributed by atoms with Crippen LogP contribution in [0, 0.1) is 0 Å². The van der Waals surface area contributed by atoms with Gasteiger partial charge in [-0.15, -0.1) is 16.4 Å². The summed E-state index contributed by atoms with van der Waals surface area (Å²) in [5.74, 6) is -0.435. The summed E-state index contributed by atoms with van der Waals surface area (Å²) in [6.07, 6.45) is 5.79. The fourth-order valence-electron chi connectivity index (χ4n) is 5.40. The van der Waals surface area contributed by atoms with E-state index in [9.17, 15) is 14.4 Å². The van der Waals surface area contributed by atoms with Crippen molar-refractivity contribution in [3.05, 3.63) is 82.2 Å². The topological polar surface area (TPSA) is 106 Å². The van der Waals surface area contributed by atoms with Gasteiger partial charge in [0.15, 0.2) is 5.82 Å². The van der Waals surface area contributed by atoms with Gasteiger partial charge in [0.25, 0.3) is 11.8 Å². The summed E-state index contributed by atoms with van der Waals surface area (Å²) in [5.41, 5.74) is 1.98. The van der Waals surface area contributed by atoms with Gasteiger partial charge in [-0.1, -0.05) is 68.7 Å². The molecular formula is C34H41N5O4S. The molecule has 0 aliphatic carbocycles. The van der Waals surface area contributed by atoms with Crippen LogP contribution in [0.4, 0.5) is 10.6 Å². The van der Waals surface area contributed by atoms with Gasteiger partial charge in [-0.2, -0.15) is 4.68 Å². The van der Waals surface area contributed by atoms with Crippen molar-refractivity contribution in [1.29, 1.82) is 0 Å². The van der Waals surface area contributed by atoms with E-state index in [1.807, 2.05) is 68.4 Å². The zero-order chi connectivity index (χ0) is 31.1. The number of thiophene rings is 1. The lowest BCUT2D eigenvalue weighted by molar-refractivity contribution is 0.0915. The first kappa shape index (κ1) is 31.4. The molecule has 1 aliphatic rings. The summed E-state index contributed by atoms with van der Waals surface area (Å²) in [7, 11) is 0. The number of hydrogen-bond donors (Lipinski definition) is 2. The van der Waals surface area contributed by atoms with Gasteiger partial charge in [0.1, 0.15) is 4.83 Å². The Balaban J connectivity index is 1.36. The Labute approximate surface area is 262 Å². The number of benzene rings is 2. The second-order valence-electron chi connectivity index (χ2n) is 11.8. The Morgan fingerprint density at radius 2 is 1.68 bits per heavy atom. The average molecular weight is 616 g/mol. The highest BCUT2D eigenvalue weighted by molar-refractivity contribution is 7.20. The quantitative estimate of drug-likeness (QED) is 0.173. The molecule has 1 saturated heterocycles. The number of ether oxygens (including phenoxy) is 1. The lowest BCUT2D eigenvalue weighted by Crippen LogP contribution is -2.40. The zero-order valence-electron chi connectivity index (χ0n) is 25.7. The number of likely N-dealkylation sites (tertiary alicyclic amines) is 1. The van der Waals surface area contributed by atoms with E-state index in [2.05, 4.69) is 27.6 Å². The molecule has 2 aromatic carbocycles. The number of unbranched alkanes of at least 4 members (excludes halogenated alkanes) is 2. The molecule has 0 radical (unpaired) electrons. The maximum Gasteiger partial charge on any atom is 0.436 e. The van der Waals surface area contributed by atoms with Crippen LogP contribution in [0.2, 0.25) is 0 Å². The van der Waals surface area contributed by atoms with Crippen molar-refractivity contribution in [3.63, 3.8) is 0 Å². The largest absolute Gasteiger partial charge is 0.448 e. The summed E-state index contributed by atoms with van der Waals surface area (Å²) in [6.45, 7) is 9.29. The number of fused-ring (bicyclic) bond motifs is 1. The summed E-state index contributed by atoms with van der Waals surface area (Å²) in [4.78, 5) is 43.0. The average Bonchev–Trinajstić information content (AvgIpc) is 3.61. The molecule has 44 heavy (non-hydrogen) atoms. The molecule has 0 atom stereocenters. The van der Waals surface area contributed by atoms with Gasteiger partial charge in [0, 0.05) is 12.1 Å². The van der Waals surface area contributed by atoms with Crippen LogP contribution in [0.3, 0.4) is 0 Å². The molecule has 1 aliphatic heterocycles. The van der Waals surface area contributed by atoms with Crippen molar-refractivity contribution in [2.24, 2.45) is 0 Å². The van der Waals surface area contributed by atoms with E-state index < -0.39 is 11.6 Å². The van der Waals surface area contributed by atoms with Gasteiger partial charge in [-0.05, 0) is 75.5 Å². The molecule has 9 nitrogen and oxygen atoms in total. The highest BCUT2D eigenvalue weighted by Crippen LogP contribution is 2.33. The minimum absolute atomic E-state index is 0.200. The lowest BCUT2D eigenvalue weighted by atomic mass is 9.94. The van der Waals surface area contributed by atoms with Crippen molar-refractivity contribution in [2.75, 3.05) is 25.0 Å². The molecule has 2 amide bonds. The van der Waals surface area contributed by atoms with E-state index >= 15 is 0 Å². The van der Waals surface area contributed by atoms with Crippen LogP contribution in [0.1, 0.15) is 90.5 Å². The van der Waals surface area contributed by atoms with Crippen LogP contribution in [0.5, 0.6) is 0 Å². The van der Waals surface area contributed by atoms with E-state index in [0.29, 0.717) is 20.7 Å². The predicted octanol–water partition coefficient (Wildman–Crippen LogP) is 7.18. The number of aromatic nitrogens is 2. The Morgan fingerprint density at radius 3 is 2.39 bits per heavy atom. The first-order chi connectivity index (χ1) is 21.2. The number of nitrogens with one attached hydrogen (secondary N) is 2. The number of hydrogen-bond acceptors (Lipinski definition) is 7. The summed E-state index contributed by atoms with van der Waals surface area (Å²) in [6, 6.07) is 19.0. The van der Waals surface area contributed by atoms with Gasteiger partial charge < -0.3 is 15.4 Å². The second kappa shape index (κ2) is 14.2. The Kier molecular flexibility index (Phi) is 10.1. The fraction of sp³-hybridized carbons (Fsp3) is 0.412. The van der Waals surface area contributed by atoms with Crippen LogP contribution in [-0.4, -0.2) is 52.3 Å². The monoisotopic (exact) mass is 615 g/mol. The molecule has 0 saturated carbocycles. The van der Waals surface area contributed by atoms with Crippen LogP contribution in [0.25, 0.3) is 10.2 Å². The summed E-state index contributed by atoms with van der Waals surface area (Å²) in [5, 5.41) is 10.9. The predicted molar refractivity (Wildman–Crippen MR) is 174 cm³/mol. The highest BCUT2D eigenvalue weighted by atomic mass is 32.1. The third-order valence-corrected chi connectivity index (χ3v) is 9.06. The normalized spacial score (nSPS) is 14.0. The van der Waals surface area contributed by atoms with Gasteiger partial charge in [0.05, 0.1) is 22.4 Å². The number of amides is 2. The van der Waals surface area contributed by atoms with Gasteiger partial charge in [-0.25, -0.2) is 4.79 Å². The Hall–Kier alpha value is -4.02. The maximum absolute atomic E-state index is 13.4. The Morgan fingerprint density at radius 1 is 0.955 bits per heavy atom. The molecule has 1 fully saturated rings. The number of carbonyl (C=O) groups is 3. The van der Waals surface area contributed by atoms with E-state index in [1.54, 1.807) is 6.07 Å². The first-order valence-electron chi connectivity index (χ1n) is 15.5. The van der Waals surface area contributed by atoms with E-state index in [4.69, 9.17) is 4.74 Å². The molecule has 3 heterocycles. The number of piperidine rings is 1. The SMILES string of the molecule is CCCCCOC(=O)n1nc(NC(=O)c2ccc(CN3CCCCC3)cc2)c2cc(C(=O)NC(C)(C)c3ccccc3)sc21. The standard InChI is InChI=1S/C34H41N5O4S/c1-4-5-12-21-43-33(42)39-32-27(22-28(44-32)31(41)36-34(2,3)26-13-8-6-9-14-26)29(37-39)35-30(40)25-17-15-24(16-18-25)23-38-19-10-7-11-20-38/h6,8-9,13-18,22H,4-5,7,10-12,19-21,23H2,1-3H3,(H,36,41)(H,35,37,40). The molecule has 2 N–H and O–H groups in total. The van der Waals surface area contributed by atoms with Crippen LogP contribution >= 0.6 is 11.3 Å². The number of carbonyl (C=O) groups excluding carboxylic acids is 3. The molecule has 232 valence electrons. The second-order valence-corrected chi connectivity index (χ2v) is 12.9. The number of nitrogens with zero attached hydrogens (tertiary/aromatic N) is 3. The molecule has 10 heteroatoms. The van der Waals surface area contributed by atoms with Crippen molar-refractivity contribution in [2.45, 2.75) is 71.4 Å². The third kappa shape index (κ3) is 7.54. The maximum atomic E-state index is 13.4. The molecule has 5 rings (SSSR count). The third-order valence-electron chi connectivity index (χ3n) is 7.95. The molecule has 0 bridgehead atoms. The molecule has 4 aromatic rings. The molecule has 2 aromatic heterocycles. The van der Waals surface area contributed by atoms with Crippen molar-refractivity contribution < 1.29 is 19.1 Å². The van der Waals surface area contributed by atoms with Crippen LogP contribution in [-0.2, 0) is 16.8 Å². The number of anilines is 1. The van der Waals surface area contributed by atoms with E-state index in [0.717, 1.165) is 66.0 Å². The van der Waals surface area contributed by atoms with Crippen molar-refractivity contribution >= 4 is 45.3 Å². The lowest BCUT2D eigenvalue weighted by Gasteiger charge is -2.26. The van der Waals surface area contributed by atoms with Crippen molar-refractivity contribution in [1.82, 2.24) is 20.0 Å². The fourth-order valence-corrected chi connectivity index (χ4v) is 6.39. The van der Waals surface area contributed by atoms with Crippen LogP contribution in [0.15, 0.2) is 60.7 Å². The molecule has 0 unspecified atom stereocenters. The minimum Gasteiger partial charge on any atom is -0.448 e. The van der Waals surface area contributed by atoms with Gasteiger partial charge in [0.2, 0.25) is 0 Å². The van der Waals surface area contributed by atoms with Crippen LogP contribution < -0.4 is 10.6 Å². The zero-order valence-corrected chi connectivity index (χ0v) is 26.5. The van der Waals surface area contributed by atoms with Gasteiger partial charge in [-0.3, -0.25) is 14.5 Å². The van der Waals surface area contributed by atoms with E-state index in [1.165, 1.54) is 19.3 Å². The summed E-state index contributed by atoms with van der Waals surface area (Å²) >= 11 is 1.13. The molecular weight excluding hydrogens is 574 g/mol. The Bertz CT molecular complexity index is 1590. The summed E-state index contributed by atoms with van der Waals surface area (Å²) < 4.78 is 6.62. The smallest absolute Gasteiger partial charge is 0.436 e. The minimum atomic E-state index is -0.646. The number of rotatable bonds is 11. The van der Waals surface area contributed by atoms with Gasteiger partial charge >= 0.3 is 6.09 Å².